The molecule has 1 aromatic heterocycles. The van der Waals surface area contributed by atoms with E-state index in [0.29, 0.717) is 24.1 Å². The molecule has 0 aliphatic heterocycles. The maximum Gasteiger partial charge on any atom is 0.263 e. The van der Waals surface area contributed by atoms with Gasteiger partial charge in [-0.1, -0.05) is 71.8 Å². The second-order valence-corrected chi connectivity index (χ2v) is 8.54. The Morgan fingerprint density at radius 3 is 1.91 bits per heavy atom. The van der Waals surface area contributed by atoms with Gasteiger partial charge in [0, 0.05) is 7.11 Å². The first kappa shape index (κ1) is 22.9. The van der Waals surface area contributed by atoms with Gasteiger partial charge in [-0.15, -0.1) is 0 Å². The number of hydrogen-bond acceptors (Lipinski definition) is 2. The summed E-state index contributed by atoms with van der Waals surface area (Å²) in [4.78, 5) is 0. The smallest absolute Gasteiger partial charge is 0.263 e. The van der Waals surface area contributed by atoms with Gasteiger partial charge in [0.25, 0.3) is 6.43 Å². The van der Waals surface area contributed by atoms with Crippen LogP contribution in [-0.4, -0.2) is 29.3 Å². The van der Waals surface area contributed by atoms with E-state index in [-0.39, 0.29) is 11.7 Å². The van der Waals surface area contributed by atoms with Crippen LogP contribution in [0, 0.1) is 19.3 Å². The summed E-state index contributed by atoms with van der Waals surface area (Å²) in [7, 11) is 1.62. The predicted octanol–water partition coefficient (Wildman–Crippen LogP) is 5.82. The maximum absolute atomic E-state index is 14.5. The first-order valence-corrected chi connectivity index (χ1v) is 11.1. The molecule has 0 amide bonds. The number of aromatic nitrogens is 2. The number of nitrogens with one attached hydrogen (secondary N) is 1. The Kier molecular flexibility index (Phi) is 6.75. The first-order valence-electron chi connectivity index (χ1n) is 11.1. The van der Waals surface area contributed by atoms with E-state index >= 15 is 0 Å². The van der Waals surface area contributed by atoms with Crippen molar-refractivity contribution in [1.29, 1.82) is 5.41 Å². The molecule has 0 saturated carbocycles. The molecule has 0 fully saturated rings. The minimum Gasteiger partial charge on any atom is -0.383 e. The standard InChI is InChI=1S/C27H29F2N3O/c1-18-8-12-20(13-9-18)16-22(17-33-3)31-23-6-4-5-7-24(23)32(27(31)30)25(26(28)29)21-14-10-19(2)11-15-21/h4-15,22,25-26,30H,16-17H2,1-3H3/t22-,25?/m0/s1. The highest BCUT2D eigenvalue weighted by atomic mass is 19.3. The van der Waals surface area contributed by atoms with Crippen molar-refractivity contribution in [1.82, 2.24) is 9.13 Å². The molecule has 0 radical (unpaired) electrons. The number of halogens is 2. The summed E-state index contributed by atoms with van der Waals surface area (Å²) in [5, 5.41) is 9.04. The molecule has 0 aliphatic carbocycles. The lowest BCUT2D eigenvalue weighted by Gasteiger charge is -2.21. The normalized spacial score (nSPS) is 13.5. The van der Waals surface area contributed by atoms with E-state index in [1.807, 2.05) is 54.8 Å². The summed E-state index contributed by atoms with van der Waals surface area (Å²) in [6.45, 7) is 4.33. The molecule has 1 unspecified atom stereocenters. The largest absolute Gasteiger partial charge is 0.383 e. The van der Waals surface area contributed by atoms with Gasteiger partial charge in [-0.2, -0.15) is 0 Å². The molecule has 4 nitrogen and oxygen atoms in total. The van der Waals surface area contributed by atoms with Gasteiger partial charge in [-0.25, -0.2) is 8.78 Å². The van der Waals surface area contributed by atoms with Gasteiger partial charge in [0.15, 0.2) is 0 Å². The van der Waals surface area contributed by atoms with Crippen LogP contribution in [0.5, 0.6) is 0 Å². The number of imidazole rings is 1. The molecule has 4 rings (SSSR count). The van der Waals surface area contributed by atoms with E-state index in [1.54, 1.807) is 19.2 Å². The number of hydrogen-bond donors (Lipinski definition) is 1. The summed E-state index contributed by atoms with van der Waals surface area (Å²) in [6.07, 6.45) is -2.04. The summed E-state index contributed by atoms with van der Waals surface area (Å²) >= 11 is 0. The molecule has 1 heterocycles. The Labute approximate surface area is 192 Å². The van der Waals surface area contributed by atoms with Crippen LogP contribution < -0.4 is 5.62 Å². The molecule has 0 aliphatic rings. The molecule has 172 valence electrons. The quantitative estimate of drug-likeness (QED) is 0.362. The average Bonchev–Trinajstić information content (AvgIpc) is 3.08. The molecule has 4 aromatic rings. The van der Waals surface area contributed by atoms with Crippen molar-refractivity contribution in [3.8, 4) is 0 Å². The minimum atomic E-state index is -2.67. The molecular weight excluding hydrogens is 420 g/mol. The van der Waals surface area contributed by atoms with Crippen molar-refractivity contribution in [3.05, 3.63) is 101 Å². The Morgan fingerprint density at radius 1 is 0.818 bits per heavy atom. The number of aryl methyl sites for hydroxylation is 2. The number of ether oxygens (including phenoxy) is 1. The molecule has 0 spiro atoms. The zero-order valence-corrected chi connectivity index (χ0v) is 19.1. The molecule has 1 N–H and O–H groups in total. The van der Waals surface area contributed by atoms with E-state index in [4.69, 9.17) is 10.1 Å². The van der Waals surface area contributed by atoms with Crippen LogP contribution in [0.15, 0.2) is 72.8 Å². The van der Waals surface area contributed by atoms with Crippen LogP contribution in [0.1, 0.15) is 34.3 Å². The highest BCUT2D eigenvalue weighted by molar-refractivity contribution is 5.76. The van der Waals surface area contributed by atoms with Gasteiger partial charge in [0.1, 0.15) is 6.04 Å². The highest BCUT2D eigenvalue weighted by Crippen LogP contribution is 2.30. The third kappa shape index (κ3) is 4.62. The molecule has 6 heteroatoms. The molecule has 0 saturated heterocycles. The average molecular weight is 450 g/mol. The third-order valence-corrected chi connectivity index (χ3v) is 6.11. The van der Waals surface area contributed by atoms with Crippen molar-refractivity contribution in [2.75, 3.05) is 13.7 Å². The van der Waals surface area contributed by atoms with Gasteiger partial charge in [0.05, 0.1) is 23.7 Å². The zero-order valence-electron chi connectivity index (χ0n) is 19.1. The van der Waals surface area contributed by atoms with Crippen LogP contribution in [0.2, 0.25) is 0 Å². The highest BCUT2D eigenvalue weighted by Gasteiger charge is 2.29. The fraction of sp³-hybridized carbons (Fsp3) is 0.296. The molecule has 3 aromatic carbocycles. The number of para-hydroxylation sites is 2. The van der Waals surface area contributed by atoms with E-state index in [0.717, 1.165) is 16.6 Å². The van der Waals surface area contributed by atoms with Crippen molar-refractivity contribution in [2.24, 2.45) is 0 Å². The SMILES string of the molecule is COC[C@H](Cc1ccc(C)cc1)n1c(=N)n(C(c2ccc(C)cc2)C(F)F)c2ccccc21. The zero-order chi connectivity index (χ0) is 23.5. The molecule has 33 heavy (non-hydrogen) atoms. The summed E-state index contributed by atoms with van der Waals surface area (Å²) in [6, 6.07) is 21.3. The molecular formula is C27H29F2N3O. The van der Waals surface area contributed by atoms with Crippen LogP contribution in [-0.2, 0) is 11.2 Å². The van der Waals surface area contributed by atoms with Crippen LogP contribution in [0.3, 0.4) is 0 Å². The van der Waals surface area contributed by atoms with E-state index in [1.165, 1.54) is 10.1 Å². The van der Waals surface area contributed by atoms with Crippen LogP contribution >= 0.6 is 0 Å². The topological polar surface area (TPSA) is 42.9 Å². The van der Waals surface area contributed by atoms with E-state index in [2.05, 4.69) is 24.3 Å². The number of alkyl halides is 2. The van der Waals surface area contributed by atoms with Gasteiger partial charge < -0.3 is 9.30 Å². The maximum atomic E-state index is 14.5. The second kappa shape index (κ2) is 9.71. The minimum absolute atomic E-state index is 0.0382. The number of rotatable bonds is 8. The summed E-state index contributed by atoms with van der Waals surface area (Å²) in [5.74, 6) is 0. The lowest BCUT2D eigenvalue weighted by molar-refractivity contribution is 0.0992. The Balaban J connectivity index is 1.89. The predicted molar refractivity (Wildman–Crippen MR) is 127 cm³/mol. The Morgan fingerprint density at radius 2 is 1.36 bits per heavy atom. The number of fused-ring (bicyclic) bond motifs is 1. The van der Waals surface area contributed by atoms with Gasteiger partial charge in [-0.3, -0.25) is 9.98 Å². The molecule has 0 bridgehead atoms. The van der Waals surface area contributed by atoms with Crippen molar-refractivity contribution < 1.29 is 13.5 Å². The lowest BCUT2D eigenvalue weighted by atomic mass is 10.0. The lowest BCUT2D eigenvalue weighted by Crippen LogP contribution is -2.34. The van der Waals surface area contributed by atoms with Gasteiger partial charge in [0.2, 0.25) is 5.62 Å². The number of methoxy groups -OCH3 is 1. The number of benzene rings is 3. The summed E-state index contributed by atoms with van der Waals surface area (Å²) < 4.78 is 37.8. The monoisotopic (exact) mass is 449 g/mol. The Hall–Kier alpha value is -3.25. The van der Waals surface area contributed by atoms with Crippen molar-refractivity contribution in [2.45, 2.75) is 38.8 Å². The van der Waals surface area contributed by atoms with E-state index in [9.17, 15) is 8.78 Å². The van der Waals surface area contributed by atoms with Crippen LogP contribution in [0.4, 0.5) is 8.78 Å². The Bertz CT molecular complexity index is 1270. The van der Waals surface area contributed by atoms with Crippen LogP contribution in [0.25, 0.3) is 11.0 Å². The van der Waals surface area contributed by atoms with Gasteiger partial charge >= 0.3 is 0 Å². The fourth-order valence-corrected chi connectivity index (χ4v) is 4.45. The second-order valence-electron chi connectivity index (χ2n) is 8.54. The molecule has 2 atom stereocenters. The first-order chi connectivity index (χ1) is 15.9. The number of nitrogens with zero attached hydrogens (tertiary/aromatic N) is 2. The van der Waals surface area contributed by atoms with Gasteiger partial charge in [-0.05, 0) is 43.5 Å². The van der Waals surface area contributed by atoms with E-state index < -0.39 is 12.5 Å². The fourth-order valence-electron chi connectivity index (χ4n) is 4.45. The summed E-state index contributed by atoms with van der Waals surface area (Å²) in [5.41, 5.74) is 5.16. The third-order valence-electron chi connectivity index (χ3n) is 6.11. The van der Waals surface area contributed by atoms with Crippen molar-refractivity contribution in [3.63, 3.8) is 0 Å². The van der Waals surface area contributed by atoms with Crippen molar-refractivity contribution >= 4 is 11.0 Å².